The summed E-state index contributed by atoms with van der Waals surface area (Å²) in [4.78, 5) is 4.27. The van der Waals surface area contributed by atoms with Gasteiger partial charge >= 0.3 is 0 Å². The second-order valence-electron chi connectivity index (χ2n) is 5.53. The van der Waals surface area contributed by atoms with Crippen molar-refractivity contribution in [2.24, 2.45) is 11.7 Å². The van der Waals surface area contributed by atoms with Crippen LogP contribution in [0.3, 0.4) is 0 Å². The molecule has 2 rings (SSSR count). The average molecular weight is 257 g/mol. The molecule has 0 spiro atoms. The molecule has 2 aromatic rings. The summed E-state index contributed by atoms with van der Waals surface area (Å²) in [5.41, 5.74) is 8.72. The highest BCUT2D eigenvalue weighted by Gasteiger charge is 2.18. The molecule has 1 heterocycles. The number of nitrogens with two attached hydrogens (primary N) is 1. The van der Waals surface area contributed by atoms with Crippen molar-refractivity contribution >= 4 is 0 Å². The molecule has 102 valence electrons. The zero-order chi connectivity index (χ0) is 13.8. The minimum absolute atomic E-state index is 0.0423. The van der Waals surface area contributed by atoms with E-state index < -0.39 is 0 Å². The molecule has 3 nitrogen and oxygen atoms in total. The minimum Gasteiger partial charge on any atom is -0.330 e. The first kappa shape index (κ1) is 13.8. The summed E-state index contributed by atoms with van der Waals surface area (Å²) >= 11 is 0. The van der Waals surface area contributed by atoms with Crippen LogP contribution in [-0.4, -0.2) is 9.55 Å². The van der Waals surface area contributed by atoms with Crippen LogP contribution in [0.4, 0.5) is 0 Å². The lowest BCUT2D eigenvalue weighted by atomic mass is 10.0. The van der Waals surface area contributed by atoms with Crippen LogP contribution in [0.1, 0.15) is 44.1 Å². The Morgan fingerprint density at radius 2 is 1.84 bits per heavy atom. The molecule has 1 aromatic heterocycles. The highest BCUT2D eigenvalue weighted by atomic mass is 15.1. The van der Waals surface area contributed by atoms with E-state index in [4.69, 9.17) is 5.73 Å². The highest BCUT2D eigenvalue weighted by Crippen LogP contribution is 2.23. The van der Waals surface area contributed by atoms with Gasteiger partial charge in [-0.25, -0.2) is 4.98 Å². The van der Waals surface area contributed by atoms with Gasteiger partial charge in [0.15, 0.2) is 0 Å². The molecular formula is C16H23N3. The van der Waals surface area contributed by atoms with Crippen LogP contribution >= 0.6 is 0 Å². The molecule has 2 unspecified atom stereocenters. The third kappa shape index (κ3) is 3.24. The fraction of sp³-hybridized carbons (Fsp3) is 0.438. The molecule has 19 heavy (non-hydrogen) atoms. The molecule has 0 aliphatic carbocycles. The summed E-state index contributed by atoms with van der Waals surface area (Å²) in [6.45, 7) is 6.50. The first-order chi connectivity index (χ1) is 9.09. The minimum atomic E-state index is 0.0423. The van der Waals surface area contributed by atoms with Crippen molar-refractivity contribution in [2.45, 2.75) is 39.3 Å². The molecule has 0 amide bonds. The van der Waals surface area contributed by atoms with E-state index in [-0.39, 0.29) is 6.04 Å². The normalized spacial score (nSPS) is 14.6. The predicted molar refractivity (Wildman–Crippen MR) is 78.9 cm³/mol. The van der Waals surface area contributed by atoms with Crippen LogP contribution < -0.4 is 5.73 Å². The van der Waals surface area contributed by atoms with Gasteiger partial charge in [0, 0.05) is 18.3 Å². The van der Waals surface area contributed by atoms with Crippen molar-refractivity contribution in [3.8, 4) is 0 Å². The van der Waals surface area contributed by atoms with Gasteiger partial charge in [-0.15, -0.1) is 0 Å². The fourth-order valence-corrected chi connectivity index (χ4v) is 2.34. The molecule has 0 aliphatic heterocycles. The van der Waals surface area contributed by atoms with Crippen LogP contribution in [0.25, 0.3) is 0 Å². The second kappa shape index (κ2) is 6.02. The van der Waals surface area contributed by atoms with Crippen LogP contribution in [0, 0.1) is 5.92 Å². The van der Waals surface area contributed by atoms with Gasteiger partial charge in [0.05, 0.1) is 12.0 Å². The Bertz CT molecular complexity index is 502. The molecule has 2 atom stereocenters. The lowest BCUT2D eigenvalue weighted by Crippen LogP contribution is -2.22. The van der Waals surface area contributed by atoms with E-state index in [2.05, 4.69) is 54.6 Å². The first-order valence-electron chi connectivity index (χ1n) is 6.90. The van der Waals surface area contributed by atoms with Crippen LogP contribution in [0.5, 0.6) is 0 Å². The van der Waals surface area contributed by atoms with Crippen molar-refractivity contribution in [1.29, 1.82) is 0 Å². The predicted octanol–water partition coefficient (Wildman–Crippen LogP) is 3.34. The monoisotopic (exact) mass is 257 g/mol. The maximum atomic E-state index is 6.25. The summed E-state index contributed by atoms with van der Waals surface area (Å²) in [5, 5.41) is 0. The van der Waals surface area contributed by atoms with Gasteiger partial charge in [-0.2, -0.15) is 0 Å². The van der Waals surface area contributed by atoms with Crippen molar-refractivity contribution in [1.82, 2.24) is 9.55 Å². The topological polar surface area (TPSA) is 43.8 Å². The molecule has 0 saturated heterocycles. The molecule has 2 N–H and O–H groups in total. The quantitative estimate of drug-likeness (QED) is 0.892. The van der Waals surface area contributed by atoms with Crippen LogP contribution in [0.2, 0.25) is 0 Å². The number of hydrogen-bond acceptors (Lipinski definition) is 2. The lowest BCUT2D eigenvalue weighted by molar-refractivity contribution is 0.446. The largest absolute Gasteiger partial charge is 0.330 e. The van der Waals surface area contributed by atoms with E-state index in [0.717, 1.165) is 12.1 Å². The number of nitrogens with zero attached hydrogens (tertiary/aromatic N) is 2. The first-order valence-corrected chi connectivity index (χ1v) is 6.90. The molecule has 0 bridgehead atoms. The second-order valence-corrected chi connectivity index (χ2v) is 5.53. The molecular weight excluding hydrogens is 234 g/mol. The van der Waals surface area contributed by atoms with Gasteiger partial charge in [-0.3, -0.25) is 0 Å². The van der Waals surface area contributed by atoms with Crippen molar-refractivity contribution < 1.29 is 0 Å². The summed E-state index contributed by atoms with van der Waals surface area (Å²) in [5.74, 6) is 0.416. The molecule has 0 radical (unpaired) electrons. The van der Waals surface area contributed by atoms with Crippen molar-refractivity contribution in [3.63, 3.8) is 0 Å². The Hall–Kier alpha value is -1.61. The number of aromatic nitrogens is 2. The average Bonchev–Trinajstić information content (AvgIpc) is 2.88. The Kier molecular flexibility index (Phi) is 4.38. The van der Waals surface area contributed by atoms with Crippen molar-refractivity contribution in [2.75, 3.05) is 0 Å². The summed E-state index contributed by atoms with van der Waals surface area (Å²) < 4.78 is 2.21. The third-order valence-corrected chi connectivity index (χ3v) is 3.60. The smallest absolute Gasteiger partial charge is 0.0951 e. The molecule has 0 aliphatic rings. The Labute approximate surface area is 115 Å². The zero-order valence-corrected chi connectivity index (χ0v) is 12.0. The number of benzene rings is 1. The van der Waals surface area contributed by atoms with E-state index in [1.54, 1.807) is 0 Å². The highest BCUT2D eigenvalue weighted by molar-refractivity contribution is 5.16. The van der Waals surface area contributed by atoms with Gasteiger partial charge in [-0.1, -0.05) is 44.2 Å². The van der Waals surface area contributed by atoms with E-state index in [9.17, 15) is 0 Å². The fourth-order valence-electron chi connectivity index (χ4n) is 2.34. The Morgan fingerprint density at radius 3 is 2.47 bits per heavy atom. The summed E-state index contributed by atoms with van der Waals surface area (Å²) in [7, 11) is 0. The van der Waals surface area contributed by atoms with Gasteiger partial charge in [-0.05, 0) is 24.8 Å². The molecule has 1 aromatic carbocycles. The van der Waals surface area contributed by atoms with E-state index in [0.29, 0.717) is 12.0 Å². The molecule has 0 fully saturated rings. The number of imidazole rings is 1. The van der Waals surface area contributed by atoms with Crippen LogP contribution in [-0.2, 0) is 6.42 Å². The number of rotatable bonds is 5. The molecule has 0 saturated carbocycles. The maximum Gasteiger partial charge on any atom is 0.0951 e. The van der Waals surface area contributed by atoms with E-state index in [1.165, 1.54) is 5.56 Å². The molecule has 3 heteroatoms. The number of hydrogen-bond donors (Lipinski definition) is 1. The third-order valence-electron chi connectivity index (χ3n) is 3.60. The Morgan fingerprint density at radius 1 is 1.16 bits per heavy atom. The van der Waals surface area contributed by atoms with Gasteiger partial charge in [0.25, 0.3) is 0 Å². The summed E-state index contributed by atoms with van der Waals surface area (Å²) in [6, 6.07) is 10.9. The van der Waals surface area contributed by atoms with E-state index in [1.807, 2.05) is 18.6 Å². The lowest BCUT2D eigenvalue weighted by Gasteiger charge is -2.22. The van der Waals surface area contributed by atoms with Crippen molar-refractivity contribution in [3.05, 3.63) is 54.1 Å². The van der Waals surface area contributed by atoms with Crippen LogP contribution in [0.15, 0.2) is 42.9 Å². The van der Waals surface area contributed by atoms with E-state index >= 15 is 0 Å². The maximum absolute atomic E-state index is 6.25. The SMILES string of the molecule is CC(C)C(N)c1cncn1C(C)Cc1ccccc1. The van der Waals surface area contributed by atoms with Gasteiger partial charge < -0.3 is 10.3 Å². The Balaban J connectivity index is 2.16. The summed E-state index contributed by atoms with van der Waals surface area (Å²) in [6.07, 6.45) is 4.78. The zero-order valence-electron chi connectivity index (χ0n) is 12.0. The van der Waals surface area contributed by atoms with Gasteiger partial charge in [0.2, 0.25) is 0 Å². The van der Waals surface area contributed by atoms with Gasteiger partial charge in [0.1, 0.15) is 0 Å². The standard InChI is InChI=1S/C16H23N3/c1-12(2)16(17)15-10-18-11-19(15)13(3)9-14-7-5-4-6-8-14/h4-8,10-13,16H,9,17H2,1-3H3.